The van der Waals surface area contributed by atoms with Crippen LogP contribution in [0.5, 0.6) is 5.75 Å². The molecule has 2 aromatic carbocycles. The molecule has 0 aromatic heterocycles. The van der Waals surface area contributed by atoms with Crippen LogP contribution in [0, 0.1) is 11.6 Å². The van der Waals surface area contributed by atoms with Gasteiger partial charge >= 0.3 is 0 Å². The monoisotopic (exact) mass is 544 g/mol. The third-order valence-corrected chi connectivity index (χ3v) is 8.53. The topological polar surface area (TPSA) is 101 Å². The molecule has 0 bridgehead atoms. The molecule has 3 rings (SSSR count). The van der Waals surface area contributed by atoms with Crippen molar-refractivity contribution in [2.75, 3.05) is 43.1 Å². The summed E-state index contributed by atoms with van der Waals surface area (Å²) in [5.74, 6) is -3.25. The Kier molecular flexibility index (Phi) is 7.71. The van der Waals surface area contributed by atoms with Gasteiger partial charge in [0.2, 0.25) is 0 Å². The molecule has 0 atom stereocenters. The number of carbonyl (C=O) groups is 1. The summed E-state index contributed by atoms with van der Waals surface area (Å²) >= 11 is 0. The normalized spacial score (nSPS) is 15.2. The minimum atomic E-state index is -3.92. The van der Waals surface area contributed by atoms with Crippen LogP contribution in [0.25, 0.3) is 0 Å². The molecule has 1 saturated heterocycles. The van der Waals surface area contributed by atoms with E-state index < -0.39 is 47.7 Å². The summed E-state index contributed by atoms with van der Waals surface area (Å²) < 4.78 is 83.3. The summed E-state index contributed by atoms with van der Waals surface area (Å²) in [6.07, 6.45) is 1.05. The molecule has 0 aliphatic carbocycles. The van der Waals surface area contributed by atoms with Gasteiger partial charge in [-0.05, 0) is 51.1 Å². The van der Waals surface area contributed by atoms with Crippen LogP contribution in [0.4, 0.5) is 14.5 Å². The van der Waals surface area contributed by atoms with Crippen LogP contribution in [-0.4, -0.2) is 71.4 Å². The van der Waals surface area contributed by atoms with E-state index in [2.05, 4.69) is 0 Å². The Balaban J connectivity index is 1.85. The first kappa shape index (κ1) is 27.9. The number of benzene rings is 2. The molecule has 8 nitrogen and oxygen atoms in total. The van der Waals surface area contributed by atoms with Gasteiger partial charge in [-0.3, -0.25) is 4.79 Å². The van der Waals surface area contributed by atoms with Crippen molar-refractivity contribution < 1.29 is 35.1 Å². The van der Waals surface area contributed by atoms with Crippen LogP contribution in [0.3, 0.4) is 0 Å². The Morgan fingerprint density at radius 3 is 2.11 bits per heavy atom. The summed E-state index contributed by atoms with van der Waals surface area (Å²) in [6.45, 7) is 7.35. The maximum Gasteiger partial charge on any atom is 0.257 e. The summed E-state index contributed by atoms with van der Waals surface area (Å²) in [4.78, 5) is 15.7. The quantitative estimate of drug-likeness (QED) is 0.550. The third kappa shape index (κ3) is 5.97. The molecule has 0 N–H and O–H groups in total. The fraction of sp³-hybridized carbons (Fsp3) is 0.458. The summed E-state index contributed by atoms with van der Waals surface area (Å²) in [5.41, 5.74) is -0.641. The average Bonchev–Trinajstić information content (AvgIpc) is 2.79. The standard InChI is InChI=1S/C24H30F2N2O6S2/c1-6-36(32,33)20-10-8-18(21(25)22(20)26)27-11-13-28(14-12-27)23(29)17-15-16(35(5,30)31)7-9-19(17)34-24(2,3)4/h7-10,15H,6,11-14H2,1-5H3. The van der Waals surface area contributed by atoms with Gasteiger partial charge in [0.15, 0.2) is 31.3 Å². The highest BCUT2D eigenvalue weighted by Gasteiger charge is 2.30. The van der Waals surface area contributed by atoms with Gasteiger partial charge in [-0.1, -0.05) is 6.92 Å². The molecule has 36 heavy (non-hydrogen) atoms. The lowest BCUT2D eigenvalue weighted by molar-refractivity contribution is 0.0730. The number of anilines is 1. The molecule has 2 aromatic rings. The lowest BCUT2D eigenvalue weighted by Gasteiger charge is -2.36. The highest BCUT2D eigenvalue weighted by Crippen LogP contribution is 2.30. The molecule has 198 valence electrons. The lowest BCUT2D eigenvalue weighted by Crippen LogP contribution is -2.49. The number of ether oxygens (including phenoxy) is 1. The molecule has 0 unspecified atom stereocenters. The number of nitrogens with zero attached hydrogens (tertiary/aromatic N) is 2. The van der Waals surface area contributed by atoms with Gasteiger partial charge in [-0.25, -0.2) is 25.6 Å². The predicted octanol–water partition coefficient (Wildman–Crippen LogP) is 3.30. The van der Waals surface area contributed by atoms with Crippen LogP contribution < -0.4 is 9.64 Å². The van der Waals surface area contributed by atoms with Crippen molar-refractivity contribution in [3.05, 3.63) is 47.5 Å². The SMILES string of the molecule is CCS(=O)(=O)c1ccc(N2CCN(C(=O)c3cc(S(C)(=O)=O)ccc3OC(C)(C)C)CC2)c(F)c1F. The number of rotatable bonds is 6. The van der Waals surface area contributed by atoms with Crippen LogP contribution in [-0.2, 0) is 19.7 Å². The first-order chi connectivity index (χ1) is 16.5. The highest BCUT2D eigenvalue weighted by atomic mass is 32.2. The van der Waals surface area contributed by atoms with Crippen molar-refractivity contribution in [1.29, 1.82) is 0 Å². The summed E-state index contributed by atoms with van der Waals surface area (Å²) in [5, 5.41) is 0. The van der Waals surface area contributed by atoms with Crippen molar-refractivity contribution in [2.24, 2.45) is 0 Å². The van der Waals surface area contributed by atoms with Gasteiger partial charge in [-0.2, -0.15) is 0 Å². The molecule has 1 aliphatic rings. The van der Waals surface area contributed by atoms with Crippen molar-refractivity contribution in [3.63, 3.8) is 0 Å². The fourth-order valence-corrected chi connectivity index (χ4v) is 5.40. The predicted molar refractivity (Wildman–Crippen MR) is 132 cm³/mol. The fourth-order valence-electron chi connectivity index (χ4n) is 3.81. The Labute approximate surface area is 210 Å². The molecule has 0 spiro atoms. The molecule has 0 saturated carbocycles. The largest absolute Gasteiger partial charge is 0.487 e. The number of carbonyl (C=O) groups excluding carboxylic acids is 1. The van der Waals surface area contributed by atoms with Crippen LogP contribution in [0.2, 0.25) is 0 Å². The minimum absolute atomic E-state index is 0.0228. The van der Waals surface area contributed by atoms with Gasteiger partial charge in [0, 0.05) is 32.4 Å². The van der Waals surface area contributed by atoms with Crippen molar-refractivity contribution in [1.82, 2.24) is 4.90 Å². The maximum atomic E-state index is 14.8. The lowest BCUT2D eigenvalue weighted by atomic mass is 10.1. The number of amides is 1. The molecular weight excluding hydrogens is 514 g/mol. The third-order valence-electron chi connectivity index (χ3n) is 5.67. The Hall–Kier alpha value is -2.73. The van der Waals surface area contributed by atoms with Gasteiger partial charge in [0.1, 0.15) is 16.2 Å². The Morgan fingerprint density at radius 2 is 1.58 bits per heavy atom. The van der Waals surface area contributed by atoms with Crippen molar-refractivity contribution in [2.45, 2.75) is 43.1 Å². The van der Waals surface area contributed by atoms with Gasteiger partial charge < -0.3 is 14.5 Å². The second-order valence-corrected chi connectivity index (χ2v) is 13.8. The molecule has 1 fully saturated rings. The van der Waals surface area contributed by atoms with E-state index in [1.54, 1.807) is 20.8 Å². The second kappa shape index (κ2) is 9.97. The molecule has 1 amide bonds. The first-order valence-corrected chi connectivity index (χ1v) is 14.9. The summed E-state index contributed by atoms with van der Waals surface area (Å²) in [7, 11) is -7.50. The number of hydrogen-bond acceptors (Lipinski definition) is 7. The zero-order chi connectivity index (χ0) is 27.1. The van der Waals surface area contributed by atoms with Gasteiger partial charge in [0.25, 0.3) is 5.91 Å². The van der Waals surface area contributed by atoms with Gasteiger partial charge in [0.05, 0.1) is 21.9 Å². The Bertz CT molecular complexity index is 1380. The minimum Gasteiger partial charge on any atom is -0.487 e. The van der Waals surface area contributed by atoms with E-state index in [1.165, 1.54) is 41.0 Å². The molecular formula is C24H30F2N2O6S2. The molecule has 1 heterocycles. The van der Waals surface area contributed by atoms with Crippen LogP contribution in [0.15, 0.2) is 40.1 Å². The van der Waals surface area contributed by atoms with Crippen LogP contribution >= 0.6 is 0 Å². The average molecular weight is 545 g/mol. The smallest absolute Gasteiger partial charge is 0.257 e. The zero-order valence-electron chi connectivity index (χ0n) is 20.8. The van der Waals surface area contributed by atoms with E-state index in [0.717, 1.165) is 12.3 Å². The number of sulfone groups is 2. The Morgan fingerprint density at radius 1 is 0.972 bits per heavy atom. The van der Waals surface area contributed by atoms with E-state index >= 15 is 0 Å². The number of piperazine rings is 1. The molecule has 1 aliphatic heterocycles. The van der Waals surface area contributed by atoms with E-state index in [-0.39, 0.29) is 53.8 Å². The second-order valence-electron chi connectivity index (χ2n) is 9.54. The van der Waals surface area contributed by atoms with E-state index in [4.69, 9.17) is 4.74 Å². The van der Waals surface area contributed by atoms with E-state index in [0.29, 0.717) is 0 Å². The number of hydrogen-bond donors (Lipinski definition) is 0. The van der Waals surface area contributed by atoms with Crippen LogP contribution in [0.1, 0.15) is 38.1 Å². The highest BCUT2D eigenvalue weighted by molar-refractivity contribution is 7.91. The summed E-state index contributed by atoms with van der Waals surface area (Å²) in [6, 6.07) is 6.40. The zero-order valence-corrected chi connectivity index (χ0v) is 22.5. The van der Waals surface area contributed by atoms with Crippen molar-refractivity contribution >= 4 is 31.3 Å². The molecule has 12 heteroatoms. The van der Waals surface area contributed by atoms with Crippen molar-refractivity contribution in [3.8, 4) is 5.75 Å². The maximum absolute atomic E-state index is 14.8. The van der Waals surface area contributed by atoms with E-state index in [1.807, 2.05) is 0 Å². The van der Waals surface area contributed by atoms with Gasteiger partial charge in [-0.15, -0.1) is 0 Å². The molecule has 0 radical (unpaired) electrons. The van der Waals surface area contributed by atoms with E-state index in [9.17, 15) is 30.4 Å². The number of halogens is 2. The first-order valence-electron chi connectivity index (χ1n) is 11.3.